The largest absolute Gasteiger partial charge is 0.478 e. The fourth-order valence-corrected chi connectivity index (χ4v) is 4.17. The number of carboxylic acid groups (broad SMARTS) is 1. The molecule has 0 fully saturated rings. The maximum Gasteiger partial charge on any atom is 0.345 e. The zero-order valence-corrected chi connectivity index (χ0v) is 21.4. The molecule has 1 atom stereocenters. The Hall–Kier alpha value is -3.60. The molecule has 190 valence electrons. The highest BCUT2D eigenvalue weighted by atomic mass is 16.5. The Morgan fingerprint density at radius 2 is 1.56 bits per heavy atom. The van der Waals surface area contributed by atoms with Gasteiger partial charge >= 0.3 is 5.97 Å². The van der Waals surface area contributed by atoms with Gasteiger partial charge < -0.3 is 14.7 Å². The fraction of sp³-hybridized carbons (Fsp3) is 0.355. The van der Waals surface area contributed by atoms with Crippen molar-refractivity contribution in [2.24, 2.45) is 0 Å². The topological polar surface area (TPSA) is 66.8 Å². The van der Waals surface area contributed by atoms with Gasteiger partial charge in [-0.15, -0.1) is 0 Å². The molecule has 0 saturated heterocycles. The van der Waals surface area contributed by atoms with Crippen LogP contribution in [0.3, 0.4) is 0 Å². The maximum atomic E-state index is 12.5. The minimum absolute atomic E-state index is 0.187. The number of carbonyl (C=O) groups excluding carboxylic acids is 1. The standard InChI is InChI=1S/C31H37NO4/c1-3-4-5-6-10-16-30(33)32(2)23-25-12-11-13-27(21-25)26-19-17-24(18-20-26)22-29(31(34)35)36-28-14-8-7-9-15-28/h7-9,11-15,17-21,29H,3-6,10,16,22-23H2,1-2H3,(H,34,35)/t29-/m0/s1. The van der Waals surface area contributed by atoms with E-state index in [2.05, 4.69) is 13.0 Å². The molecular formula is C31H37NO4. The number of carboxylic acids is 1. The highest BCUT2D eigenvalue weighted by Gasteiger charge is 2.20. The fourth-order valence-electron chi connectivity index (χ4n) is 4.17. The third kappa shape index (κ3) is 8.56. The van der Waals surface area contributed by atoms with E-state index in [1.807, 2.05) is 67.7 Å². The van der Waals surface area contributed by atoms with Crippen molar-refractivity contribution in [3.8, 4) is 16.9 Å². The number of ether oxygens (including phenoxy) is 1. The molecule has 0 heterocycles. The average molecular weight is 488 g/mol. The van der Waals surface area contributed by atoms with Crippen LogP contribution in [0.1, 0.15) is 56.6 Å². The molecule has 5 heteroatoms. The molecule has 36 heavy (non-hydrogen) atoms. The number of amides is 1. The first-order valence-corrected chi connectivity index (χ1v) is 12.8. The number of rotatable bonds is 14. The number of unbranched alkanes of at least 4 members (excludes halogenated alkanes) is 4. The number of aliphatic carboxylic acids is 1. The van der Waals surface area contributed by atoms with Gasteiger partial charge in [0.1, 0.15) is 5.75 Å². The van der Waals surface area contributed by atoms with Crippen LogP contribution < -0.4 is 4.74 Å². The number of carbonyl (C=O) groups is 2. The summed E-state index contributed by atoms with van der Waals surface area (Å²) in [4.78, 5) is 26.0. The summed E-state index contributed by atoms with van der Waals surface area (Å²) in [5, 5.41) is 9.60. The molecular weight excluding hydrogens is 450 g/mol. The van der Waals surface area contributed by atoms with E-state index in [0.29, 0.717) is 18.7 Å². The minimum atomic E-state index is -0.991. The van der Waals surface area contributed by atoms with Crippen molar-refractivity contribution < 1.29 is 19.4 Å². The van der Waals surface area contributed by atoms with Gasteiger partial charge in [0.2, 0.25) is 5.91 Å². The molecule has 3 aromatic carbocycles. The Balaban J connectivity index is 1.58. The monoisotopic (exact) mass is 487 g/mol. The van der Waals surface area contributed by atoms with Gasteiger partial charge in [0.05, 0.1) is 0 Å². The molecule has 0 aliphatic carbocycles. The molecule has 0 bridgehead atoms. The van der Waals surface area contributed by atoms with Crippen molar-refractivity contribution in [1.29, 1.82) is 0 Å². The lowest BCUT2D eigenvalue weighted by molar-refractivity contribution is -0.145. The Labute approximate surface area is 214 Å². The Morgan fingerprint density at radius 1 is 0.833 bits per heavy atom. The van der Waals surface area contributed by atoms with Crippen molar-refractivity contribution in [3.05, 3.63) is 90.0 Å². The van der Waals surface area contributed by atoms with Gasteiger partial charge in [-0.1, -0.05) is 93.3 Å². The maximum absolute atomic E-state index is 12.5. The van der Waals surface area contributed by atoms with Crippen molar-refractivity contribution in [2.45, 2.75) is 64.5 Å². The van der Waals surface area contributed by atoms with Gasteiger partial charge in [0, 0.05) is 26.4 Å². The predicted octanol–water partition coefficient (Wildman–Crippen LogP) is 6.75. The first kappa shape index (κ1) is 27.0. The molecule has 1 N–H and O–H groups in total. The van der Waals surface area contributed by atoms with Crippen LogP contribution in [0.15, 0.2) is 78.9 Å². The summed E-state index contributed by atoms with van der Waals surface area (Å²) in [5.74, 6) is -0.263. The number of benzene rings is 3. The molecule has 3 rings (SSSR count). The lowest BCUT2D eigenvalue weighted by atomic mass is 9.99. The van der Waals surface area contributed by atoms with Crippen molar-refractivity contribution >= 4 is 11.9 Å². The van der Waals surface area contributed by atoms with Crippen LogP contribution in [0, 0.1) is 0 Å². The van der Waals surface area contributed by atoms with E-state index in [4.69, 9.17) is 4.74 Å². The summed E-state index contributed by atoms with van der Waals surface area (Å²) in [6.45, 7) is 2.77. The molecule has 0 aromatic heterocycles. The number of hydrogen-bond acceptors (Lipinski definition) is 3. The highest BCUT2D eigenvalue weighted by Crippen LogP contribution is 2.23. The summed E-state index contributed by atoms with van der Waals surface area (Å²) in [5.41, 5.74) is 4.08. The number of para-hydroxylation sites is 1. The van der Waals surface area contributed by atoms with Crippen LogP contribution in [-0.2, 0) is 22.6 Å². The van der Waals surface area contributed by atoms with Crippen LogP contribution in [0.2, 0.25) is 0 Å². The first-order valence-electron chi connectivity index (χ1n) is 12.8. The Morgan fingerprint density at radius 3 is 2.25 bits per heavy atom. The molecule has 5 nitrogen and oxygen atoms in total. The van der Waals surface area contributed by atoms with Crippen LogP contribution in [-0.4, -0.2) is 35.0 Å². The van der Waals surface area contributed by atoms with Gasteiger partial charge in [-0.05, 0) is 46.9 Å². The lowest BCUT2D eigenvalue weighted by Gasteiger charge is -2.18. The van der Waals surface area contributed by atoms with E-state index in [9.17, 15) is 14.7 Å². The molecule has 0 radical (unpaired) electrons. The van der Waals surface area contributed by atoms with Crippen LogP contribution >= 0.6 is 0 Å². The van der Waals surface area contributed by atoms with Gasteiger partial charge in [-0.25, -0.2) is 4.79 Å². The Kier molecular flexibility index (Phi) is 10.6. The van der Waals surface area contributed by atoms with Gasteiger partial charge in [0.25, 0.3) is 0 Å². The molecule has 0 saturated carbocycles. The summed E-state index contributed by atoms with van der Waals surface area (Å²) < 4.78 is 5.68. The van der Waals surface area contributed by atoms with Crippen LogP contribution in [0.5, 0.6) is 5.75 Å². The SMILES string of the molecule is CCCCCCCC(=O)N(C)Cc1cccc(-c2ccc(C[C@H](Oc3ccccc3)C(=O)O)cc2)c1. The van der Waals surface area contributed by atoms with E-state index < -0.39 is 12.1 Å². The predicted molar refractivity (Wildman–Crippen MR) is 144 cm³/mol. The Bertz CT molecular complexity index is 1100. The zero-order valence-electron chi connectivity index (χ0n) is 21.4. The molecule has 0 aliphatic heterocycles. The van der Waals surface area contributed by atoms with E-state index in [1.54, 1.807) is 17.0 Å². The van der Waals surface area contributed by atoms with Crippen LogP contribution in [0.25, 0.3) is 11.1 Å². The lowest BCUT2D eigenvalue weighted by Crippen LogP contribution is -2.29. The second-order valence-corrected chi connectivity index (χ2v) is 9.27. The van der Waals surface area contributed by atoms with E-state index in [0.717, 1.165) is 35.1 Å². The minimum Gasteiger partial charge on any atom is -0.478 e. The molecule has 1 amide bonds. The highest BCUT2D eigenvalue weighted by molar-refractivity contribution is 5.76. The molecule has 0 aliphatic rings. The molecule has 0 spiro atoms. The van der Waals surface area contributed by atoms with Crippen LogP contribution in [0.4, 0.5) is 0 Å². The normalized spacial score (nSPS) is 11.6. The molecule has 3 aromatic rings. The van der Waals surface area contributed by atoms with Crippen molar-refractivity contribution in [2.75, 3.05) is 7.05 Å². The second kappa shape index (κ2) is 14.1. The van der Waals surface area contributed by atoms with E-state index >= 15 is 0 Å². The first-order chi connectivity index (χ1) is 17.5. The summed E-state index contributed by atoms with van der Waals surface area (Å²) in [6.07, 6.45) is 5.63. The zero-order chi connectivity index (χ0) is 25.8. The molecule has 0 unspecified atom stereocenters. The van der Waals surface area contributed by atoms with Crippen molar-refractivity contribution in [1.82, 2.24) is 4.90 Å². The van der Waals surface area contributed by atoms with E-state index in [-0.39, 0.29) is 12.3 Å². The summed E-state index contributed by atoms with van der Waals surface area (Å²) in [6, 6.07) is 25.1. The van der Waals surface area contributed by atoms with Gasteiger partial charge in [-0.3, -0.25) is 4.79 Å². The second-order valence-electron chi connectivity index (χ2n) is 9.27. The summed E-state index contributed by atoms with van der Waals surface area (Å²) >= 11 is 0. The van der Waals surface area contributed by atoms with Gasteiger partial charge in [-0.2, -0.15) is 0 Å². The number of hydrogen-bond donors (Lipinski definition) is 1. The average Bonchev–Trinajstić information content (AvgIpc) is 2.89. The van der Waals surface area contributed by atoms with Gasteiger partial charge in [0.15, 0.2) is 6.10 Å². The van der Waals surface area contributed by atoms with E-state index in [1.165, 1.54) is 19.3 Å². The summed E-state index contributed by atoms with van der Waals surface area (Å²) in [7, 11) is 1.87. The number of nitrogens with zero attached hydrogens (tertiary/aromatic N) is 1. The third-order valence-electron chi connectivity index (χ3n) is 6.27. The van der Waals surface area contributed by atoms with Crippen molar-refractivity contribution in [3.63, 3.8) is 0 Å². The third-order valence-corrected chi connectivity index (χ3v) is 6.27. The smallest absolute Gasteiger partial charge is 0.345 e. The quantitative estimate of drug-likeness (QED) is 0.256.